The van der Waals surface area contributed by atoms with Crippen molar-refractivity contribution in [2.75, 3.05) is 23.7 Å². The largest absolute Gasteiger partial charge is 0.491 e. The number of hydrogen-bond acceptors (Lipinski definition) is 4. The molecule has 0 fully saturated rings. The van der Waals surface area contributed by atoms with Gasteiger partial charge in [0.1, 0.15) is 18.4 Å². The van der Waals surface area contributed by atoms with Crippen molar-refractivity contribution in [1.29, 1.82) is 0 Å². The Hall–Kier alpha value is -2.25. The Morgan fingerprint density at radius 1 is 1.21 bits per heavy atom. The fourth-order valence-electron chi connectivity index (χ4n) is 2.77. The third-order valence-corrected chi connectivity index (χ3v) is 5.63. The molecule has 1 N–H and O–H groups in total. The molecule has 0 aliphatic carbocycles. The Balaban J connectivity index is 2.00. The lowest BCUT2D eigenvalue weighted by Crippen LogP contribution is -2.48. The highest BCUT2D eigenvalue weighted by Crippen LogP contribution is 2.24. The van der Waals surface area contributed by atoms with Crippen molar-refractivity contribution in [2.24, 2.45) is 0 Å². The summed E-state index contributed by atoms with van der Waals surface area (Å²) in [5.41, 5.74) is 2.43. The van der Waals surface area contributed by atoms with Crippen molar-refractivity contribution < 1.29 is 17.9 Å². The smallest absolute Gasteiger partial charge is 0.243 e. The summed E-state index contributed by atoms with van der Waals surface area (Å²) in [6, 6.07) is 11.4. The molecule has 6 nitrogen and oxygen atoms in total. The lowest BCUT2D eigenvalue weighted by Gasteiger charge is -2.28. The number of ether oxygens (including phenoxy) is 1. The van der Waals surface area contributed by atoms with Gasteiger partial charge in [0.05, 0.1) is 18.5 Å². The van der Waals surface area contributed by atoms with Gasteiger partial charge in [-0.3, -0.25) is 9.10 Å². The molecule has 0 saturated heterocycles. The molecule has 0 aromatic heterocycles. The number of amides is 1. The second kappa shape index (κ2) is 9.30. The van der Waals surface area contributed by atoms with E-state index in [1.165, 1.54) is 13.0 Å². The van der Waals surface area contributed by atoms with Crippen LogP contribution in [0.25, 0.3) is 0 Å². The van der Waals surface area contributed by atoms with Crippen LogP contribution in [0.4, 0.5) is 5.69 Å². The SMILES string of the molecule is Cc1ccc(C)c(OCCNC(=O)[C@@H](C)N(c2cccc(Cl)c2)S(C)(=O)=O)c1. The summed E-state index contributed by atoms with van der Waals surface area (Å²) in [5, 5.41) is 3.11. The van der Waals surface area contributed by atoms with Crippen LogP contribution in [-0.2, 0) is 14.8 Å². The summed E-state index contributed by atoms with van der Waals surface area (Å²) in [5.74, 6) is 0.342. The van der Waals surface area contributed by atoms with Gasteiger partial charge >= 0.3 is 0 Å². The monoisotopic (exact) mass is 424 g/mol. The van der Waals surface area contributed by atoms with Crippen molar-refractivity contribution in [3.05, 3.63) is 58.6 Å². The van der Waals surface area contributed by atoms with E-state index in [0.717, 1.165) is 27.4 Å². The zero-order valence-corrected chi connectivity index (χ0v) is 18.0. The molecule has 0 aliphatic rings. The van der Waals surface area contributed by atoms with E-state index in [-0.39, 0.29) is 13.2 Å². The van der Waals surface area contributed by atoms with E-state index in [1.807, 2.05) is 32.0 Å². The van der Waals surface area contributed by atoms with Crippen LogP contribution in [0.2, 0.25) is 5.02 Å². The number of carbonyl (C=O) groups is 1. The van der Waals surface area contributed by atoms with Crippen LogP contribution in [0, 0.1) is 13.8 Å². The molecule has 0 bridgehead atoms. The van der Waals surface area contributed by atoms with Gasteiger partial charge in [0.15, 0.2) is 0 Å². The Morgan fingerprint density at radius 2 is 1.93 bits per heavy atom. The van der Waals surface area contributed by atoms with Crippen molar-refractivity contribution >= 4 is 33.2 Å². The Bertz CT molecular complexity index is 947. The lowest BCUT2D eigenvalue weighted by molar-refractivity contribution is -0.121. The number of benzene rings is 2. The first-order chi connectivity index (χ1) is 13.1. The van der Waals surface area contributed by atoms with Gasteiger partial charge in [-0.25, -0.2) is 8.42 Å². The second-order valence-electron chi connectivity index (χ2n) is 6.62. The fourth-order valence-corrected chi connectivity index (χ4v) is 4.12. The van der Waals surface area contributed by atoms with Gasteiger partial charge in [-0.05, 0) is 56.2 Å². The van der Waals surface area contributed by atoms with Crippen LogP contribution in [0.3, 0.4) is 0 Å². The quantitative estimate of drug-likeness (QED) is 0.659. The first kappa shape index (κ1) is 22.0. The molecule has 152 valence electrons. The van der Waals surface area contributed by atoms with Crippen LogP contribution in [0.1, 0.15) is 18.1 Å². The maximum atomic E-state index is 12.5. The summed E-state index contributed by atoms with van der Waals surface area (Å²) in [6.45, 7) is 5.99. The van der Waals surface area contributed by atoms with Gasteiger partial charge in [0, 0.05) is 5.02 Å². The average Bonchev–Trinajstić information content (AvgIpc) is 2.60. The molecule has 0 saturated carbocycles. The summed E-state index contributed by atoms with van der Waals surface area (Å²) in [4.78, 5) is 12.5. The molecular weight excluding hydrogens is 400 g/mol. The van der Waals surface area contributed by atoms with Gasteiger partial charge < -0.3 is 10.1 Å². The van der Waals surface area contributed by atoms with E-state index in [0.29, 0.717) is 10.7 Å². The summed E-state index contributed by atoms with van der Waals surface area (Å²) in [7, 11) is -3.68. The van der Waals surface area contributed by atoms with Crippen LogP contribution in [0.5, 0.6) is 5.75 Å². The third kappa shape index (κ3) is 5.87. The second-order valence-corrected chi connectivity index (χ2v) is 8.92. The number of sulfonamides is 1. The first-order valence-corrected chi connectivity index (χ1v) is 11.0. The molecular formula is C20H25ClN2O4S. The van der Waals surface area contributed by atoms with Crippen LogP contribution in [0.15, 0.2) is 42.5 Å². The Labute approximate surface area is 171 Å². The molecule has 0 unspecified atom stereocenters. The molecule has 1 amide bonds. The predicted molar refractivity (Wildman–Crippen MR) is 113 cm³/mol. The van der Waals surface area contributed by atoms with Gasteiger partial charge in [0.2, 0.25) is 15.9 Å². The molecule has 2 rings (SSSR count). The van der Waals surface area contributed by atoms with E-state index < -0.39 is 22.0 Å². The number of hydrogen-bond donors (Lipinski definition) is 1. The summed E-state index contributed by atoms with van der Waals surface area (Å²) in [6.07, 6.45) is 1.06. The number of nitrogens with one attached hydrogen (secondary N) is 1. The highest BCUT2D eigenvalue weighted by Gasteiger charge is 2.29. The summed E-state index contributed by atoms with van der Waals surface area (Å²) < 4.78 is 31.3. The average molecular weight is 425 g/mol. The van der Waals surface area contributed by atoms with Crippen molar-refractivity contribution in [1.82, 2.24) is 5.32 Å². The van der Waals surface area contributed by atoms with Crippen molar-refractivity contribution in [3.63, 3.8) is 0 Å². The van der Waals surface area contributed by atoms with E-state index in [1.54, 1.807) is 18.2 Å². The molecule has 8 heteroatoms. The molecule has 2 aromatic carbocycles. The topological polar surface area (TPSA) is 75.7 Å². The predicted octanol–water partition coefficient (Wildman–Crippen LogP) is 3.31. The van der Waals surface area contributed by atoms with E-state index >= 15 is 0 Å². The molecule has 1 atom stereocenters. The van der Waals surface area contributed by atoms with Crippen LogP contribution >= 0.6 is 11.6 Å². The maximum absolute atomic E-state index is 12.5. The van der Waals surface area contributed by atoms with Crippen molar-refractivity contribution in [2.45, 2.75) is 26.8 Å². The number of anilines is 1. The fraction of sp³-hybridized carbons (Fsp3) is 0.350. The minimum absolute atomic E-state index is 0.254. The molecule has 0 aliphatic heterocycles. The highest BCUT2D eigenvalue weighted by molar-refractivity contribution is 7.92. The summed E-state index contributed by atoms with van der Waals surface area (Å²) >= 11 is 5.97. The normalized spacial score (nSPS) is 12.3. The molecule has 0 heterocycles. The third-order valence-electron chi connectivity index (χ3n) is 4.15. The van der Waals surface area contributed by atoms with Gasteiger partial charge in [0.25, 0.3) is 0 Å². The standard InChI is InChI=1S/C20H25ClN2O4S/c1-14-8-9-15(2)19(12-14)27-11-10-22-20(24)16(3)23(28(4,25)26)18-7-5-6-17(21)13-18/h5-9,12-13,16H,10-11H2,1-4H3,(H,22,24)/t16-/m1/s1. The van der Waals surface area contributed by atoms with Crippen molar-refractivity contribution in [3.8, 4) is 5.75 Å². The number of halogens is 1. The maximum Gasteiger partial charge on any atom is 0.243 e. The van der Waals surface area contributed by atoms with E-state index in [9.17, 15) is 13.2 Å². The molecule has 0 spiro atoms. The molecule has 28 heavy (non-hydrogen) atoms. The molecule has 2 aromatic rings. The van der Waals surface area contributed by atoms with Crippen LogP contribution < -0.4 is 14.4 Å². The van der Waals surface area contributed by atoms with Crippen LogP contribution in [-0.4, -0.2) is 39.8 Å². The minimum Gasteiger partial charge on any atom is -0.491 e. The number of rotatable bonds is 8. The van der Waals surface area contributed by atoms with Gasteiger partial charge in [-0.2, -0.15) is 0 Å². The van der Waals surface area contributed by atoms with E-state index in [4.69, 9.17) is 16.3 Å². The Morgan fingerprint density at radius 3 is 2.57 bits per heavy atom. The Kier molecular flexibility index (Phi) is 7.32. The molecule has 0 radical (unpaired) electrons. The highest BCUT2D eigenvalue weighted by atomic mass is 35.5. The number of nitrogens with zero attached hydrogens (tertiary/aromatic N) is 1. The van der Waals surface area contributed by atoms with E-state index in [2.05, 4.69) is 5.32 Å². The van der Waals surface area contributed by atoms with Gasteiger partial charge in [-0.1, -0.05) is 29.8 Å². The zero-order valence-electron chi connectivity index (χ0n) is 16.4. The minimum atomic E-state index is -3.68. The number of aryl methyl sites for hydroxylation is 2. The number of carbonyl (C=O) groups excluding carboxylic acids is 1. The first-order valence-electron chi connectivity index (χ1n) is 8.82. The lowest BCUT2D eigenvalue weighted by atomic mass is 10.1. The zero-order chi connectivity index (χ0) is 20.9. The van der Waals surface area contributed by atoms with Gasteiger partial charge in [-0.15, -0.1) is 0 Å².